The maximum Gasteiger partial charge on any atom is 0.274 e. The Morgan fingerprint density at radius 3 is 2.57 bits per heavy atom. The third kappa shape index (κ3) is 5.03. The van der Waals surface area contributed by atoms with Crippen molar-refractivity contribution >= 4 is 17.3 Å². The first-order valence-electron chi connectivity index (χ1n) is 8.64. The number of benzene rings is 2. The van der Waals surface area contributed by atoms with E-state index in [1.54, 1.807) is 25.4 Å². The molecule has 0 aliphatic carbocycles. The van der Waals surface area contributed by atoms with Crippen LogP contribution in [0.1, 0.15) is 16.1 Å². The van der Waals surface area contributed by atoms with E-state index < -0.39 is 17.5 Å². The highest BCUT2D eigenvalue weighted by atomic mass is 19.2. The number of aromatic nitrogens is 1. The van der Waals surface area contributed by atoms with Gasteiger partial charge in [0.2, 0.25) is 0 Å². The van der Waals surface area contributed by atoms with Gasteiger partial charge in [-0.3, -0.25) is 4.79 Å². The number of halogens is 2. The molecule has 2 N–H and O–H groups in total. The summed E-state index contributed by atoms with van der Waals surface area (Å²) >= 11 is 0. The fourth-order valence-corrected chi connectivity index (χ4v) is 2.58. The van der Waals surface area contributed by atoms with E-state index >= 15 is 0 Å². The Bertz CT molecular complexity index is 962. The smallest absolute Gasteiger partial charge is 0.274 e. The number of rotatable bonds is 7. The lowest BCUT2D eigenvalue weighted by Crippen LogP contribution is -2.14. The van der Waals surface area contributed by atoms with Crippen molar-refractivity contribution in [1.29, 1.82) is 0 Å². The lowest BCUT2D eigenvalue weighted by atomic mass is 10.1. The molecule has 0 spiro atoms. The van der Waals surface area contributed by atoms with E-state index in [1.807, 2.05) is 24.3 Å². The maximum atomic E-state index is 13.2. The van der Waals surface area contributed by atoms with E-state index in [0.717, 1.165) is 35.6 Å². The average Bonchev–Trinajstić information content (AvgIpc) is 2.71. The summed E-state index contributed by atoms with van der Waals surface area (Å²) in [5, 5.41) is 5.71. The van der Waals surface area contributed by atoms with Crippen LogP contribution in [0.2, 0.25) is 0 Å². The molecule has 2 aromatic carbocycles. The van der Waals surface area contributed by atoms with Crippen molar-refractivity contribution in [3.8, 4) is 5.75 Å². The van der Waals surface area contributed by atoms with E-state index in [2.05, 4.69) is 15.6 Å². The largest absolute Gasteiger partial charge is 0.497 e. The molecular formula is C21H19F2N3O2. The quantitative estimate of drug-likeness (QED) is 0.639. The van der Waals surface area contributed by atoms with Crippen LogP contribution in [-0.2, 0) is 6.42 Å². The van der Waals surface area contributed by atoms with Crippen molar-refractivity contribution in [2.75, 3.05) is 24.3 Å². The summed E-state index contributed by atoms with van der Waals surface area (Å²) in [5.74, 6) is -1.69. The Labute approximate surface area is 161 Å². The third-order valence-electron chi connectivity index (χ3n) is 4.05. The Kier molecular flexibility index (Phi) is 6.16. The normalized spacial score (nSPS) is 10.4. The number of methoxy groups -OCH3 is 1. The number of hydrogen-bond donors (Lipinski definition) is 2. The Hall–Kier alpha value is -3.48. The molecular weight excluding hydrogens is 364 g/mol. The summed E-state index contributed by atoms with van der Waals surface area (Å²) in [6.07, 6.45) is 2.35. The number of carbonyl (C=O) groups is 1. The third-order valence-corrected chi connectivity index (χ3v) is 4.05. The van der Waals surface area contributed by atoms with Crippen molar-refractivity contribution in [3.05, 3.63) is 83.7 Å². The van der Waals surface area contributed by atoms with Crippen LogP contribution in [0.5, 0.6) is 5.75 Å². The zero-order chi connectivity index (χ0) is 19.9. The number of carbonyl (C=O) groups excluding carboxylic acids is 1. The zero-order valence-corrected chi connectivity index (χ0v) is 15.2. The summed E-state index contributed by atoms with van der Waals surface area (Å²) in [7, 11) is 1.63. The highest BCUT2D eigenvalue weighted by Crippen LogP contribution is 2.15. The van der Waals surface area contributed by atoms with Crippen LogP contribution in [0.25, 0.3) is 0 Å². The lowest BCUT2D eigenvalue weighted by Gasteiger charge is -2.09. The molecule has 7 heteroatoms. The minimum absolute atomic E-state index is 0.159. The average molecular weight is 383 g/mol. The molecule has 0 saturated carbocycles. The SMILES string of the molecule is COc1cccc(CCNc2ccc(C(=O)Nc3ccc(F)c(F)c3)nc2)c1. The molecule has 1 amide bonds. The number of amides is 1. The van der Waals surface area contributed by atoms with E-state index in [-0.39, 0.29) is 11.4 Å². The van der Waals surface area contributed by atoms with Crippen molar-refractivity contribution in [2.24, 2.45) is 0 Å². The number of nitrogens with zero attached hydrogens (tertiary/aromatic N) is 1. The second kappa shape index (κ2) is 8.94. The zero-order valence-electron chi connectivity index (χ0n) is 15.2. The molecule has 0 fully saturated rings. The molecule has 0 saturated heterocycles. The molecule has 5 nitrogen and oxygen atoms in total. The molecule has 0 aliphatic heterocycles. The molecule has 0 unspecified atom stereocenters. The predicted octanol–water partition coefficient (Wildman–Crippen LogP) is 4.28. The van der Waals surface area contributed by atoms with Crippen LogP contribution in [0.4, 0.5) is 20.2 Å². The number of nitrogens with one attached hydrogen (secondary N) is 2. The van der Waals surface area contributed by atoms with Crippen LogP contribution in [0.15, 0.2) is 60.8 Å². The predicted molar refractivity (Wildman–Crippen MR) is 104 cm³/mol. The first-order valence-corrected chi connectivity index (χ1v) is 8.64. The molecule has 28 heavy (non-hydrogen) atoms. The van der Waals surface area contributed by atoms with Gasteiger partial charge in [-0.05, 0) is 48.4 Å². The van der Waals surface area contributed by atoms with Crippen LogP contribution in [0, 0.1) is 11.6 Å². The molecule has 3 rings (SSSR count). The van der Waals surface area contributed by atoms with Gasteiger partial charge in [-0.25, -0.2) is 13.8 Å². The fraction of sp³-hybridized carbons (Fsp3) is 0.143. The van der Waals surface area contributed by atoms with Gasteiger partial charge in [0, 0.05) is 18.3 Å². The Morgan fingerprint density at radius 2 is 1.86 bits per heavy atom. The van der Waals surface area contributed by atoms with Gasteiger partial charge in [-0.2, -0.15) is 0 Å². The Morgan fingerprint density at radius 1 is 1.04 bits per heavy atom. The van der Waals surface area contributed by atoms with Crippen molar-refractivity contribution in [2.45, 2.75) is 6.42 Å². The molecule has 0 atom stereocenters. The minimum atomic E-state index is -1.03. The topological polar surface area (TPSA) is 63.2 Å². The van der Waals surface area contributed by atoms with Crippen LogP contribution in [0.3, 0.4) is 0 Å². The van der Waals surface area contributed by atoms with Gasteiger partial charge < -0.3 is 15.4 Å². The number of pyridine rings is 1. The number of ether oxygens (including phenoxy) is 1. The van der Waals surface area contributed by atoms with E-state index in [1.165, 1.54) is 6.07 Å². The number of hydrogen-bond acceptors (Lipinski definition) is 4. The van der Waals surface area contributed by atoms with E-state index in [4.69, 9.17) is 4.74 Å². The van der Waals surface area contributed by atoms with Gasteiger partial charge >= 0.3 is 0 Å². The first kappa shape index (κ1) is 19.3. The second-order valence-electron chi connectivity index (χ2n) is 6.04. The Balaban J connectivity index is 1.53. The van der Waals surface area contributed by atoms with Crippen LogP contribution in [-0.4, -0.2) is 24.5 Å². The monoisotopic (exact) mass is 383 g/mol. The van der Waals surface area contributed by atoms with Gasteiger partial charge in [0.05, 0.1) is 19.0 Å². The van der Waals surface area contributed by atoms with Crippen molar-refractivity contribution < 1.29 is 18.3 Å². The fourth-order valence-electron chi connectivity index (χ4n) is 2.58. The van der Waals surface area contributed by atoms with Crippen LogP contribution < -0.4 is 15.4 Å². The van der Waals surface area contributed by atoms with Gasteiger partial charge in [0.15, 0.2) is 11.6 Å². The standard InChI is InChI=1S/C21H19F2N3O2/c1-28-17-4-2-3-14(11-17)9-10-24-16-6-8-20(25-13-16)21(27)26-15-5-7-18(22)19(23)12-15/h2-8,11-13,24H,9-10H2,1H3,(H,26,27). The summed E-state index contributed by atoms with van der Waals surface area (Å²) in [4.78, 5) is 16.3. The lowest BCUT2D eigenvalue weighted by molar-refractivity contribution is 0.102. The molecule has 1 aromatic heterocycles. The van der Waals surface area contributed by atoms with Crippen molar-refractivity contribution in [1.82, 2.24) is 4.98 Å². The summed E-state index contributed by atoms with van der Waals surface area (Å²) < 4.78 is 31.4. The summed E-state index contributed by atoms with van der Waals surface area (Å²) in [5.41, 5.74) is 2.24. The highest BCUT2D eigenvalue weighted by Gasteiger charge is 2.10. The second-order valence-corrected chi connectivity index (χ2v) is 6.04. The van der Waals surface area contributed by atoms with Gasteiger partial charge in [-0.1, -0.05) is 12.1 Å². The van der Waals surface area contributed by atoms with Crippen LogP contribution >= 0.6 is 0 Å². The van der Waals surface area contributed by atoms with Crippen molar-refractivity contribution in [3.63, 3.8) is 0 Å². The molecule has 0 radical (unpaired) electrons. The molecule has 0 aliphatic rings. The maximum absolute atomic E-state index is 13.2. The molecule has 144 valence electrons. The van der Waals surface area contributed by atoms with Gasteiger partial charge in [0.1, 0.15) is 11.4 Å². The highest BCUT2D eigenvalue weighted by molar-refractivity contribution is 6.02. The number of anilines is 2. The summed E-state index contributed by atoms with van der Waals surface area (Å²) in [6.45, 7) is 0.690. The van der Waals surface area contributed by atoms with E-state index in [9.17, 15) is 13.6 Å². The van der Waals surface area contributed by atoms with Gasteiger partial charge in [0.25, 0.3) is 5.91 Å². The molecule has 1 heterocycles. The van der Waals surface area contributed by atoms with Gasteiger partial charge in [-0.15, -0.1) is 0 Å². The summed E-state index contributed by atoms with van der Waals surface area (Å²) in [6, 6.07) is 14.3. The molecule has 0 bridgehead atoms. The minimum Gasteiger partial charge on any atom is -0.497 e. The first-order chi connectivity index (χ1) is 13.5. The molecule has 3 aromatic rings. The van der Waals surface area contributed by atoms with E-state index in [0.29, 0.717) is 6.54 Å².